The summed E-state index contributed by atoms with van der Waals surface area (Å²) in [6.07, 6.45) is 5.74. The average molecular weight is 235 g/mol. The van der Waals surface area contributed by atoms with Crippen molar-refractivity contribution in [3.8, 4) is 0 Å². The number of aromatic amines is 1. The zero-order chi connectivity index (χ0) is 12.4. The first-order valence-corrected chi connectivity index (χ1v) is 6.38. The maximum absolute atomic E-state index is 11.5. The van der Waals surface area contributed by atoms with Crippen LogP contribution >= 0.6 is 0 Å². The van der Waals surface area contributed by atoms with Crippen LogP contribution < -0.4 is 10.6 Å². The van der Waals surface area contributed by atoms with Crippen LogP contribution in [-0.4, -0.2) is 17.6 Å². The molecular weight excluding hydrogens is 214 g/mol. The molecule has 0 aromatic carbocycles. The highest BCUT2D eigenvalue weighted by molar-refractivity contribution is 5.87. The van der Waals surface area contributed by atoms with Crippen LogP contribution in [0.15, 0.2) is 6.07 Å². The largest absolute Gasteiger partial charge is 0.461 e. The molecule has 1 saturated carbocycles. The Morgan fingerprint density at radius 1 is 1.47 bits per heavy atom. The summed E-state index contributed by atoms with van der Waals surface area (Å²) in [7, 11) is 0. The molecule has 0 saturated heterocycles. The van der Waals surface area contributed by atoms with Gasteiger partial charge in [0, 0.05) is 6.78 Å². The summed E-state index contributed by atoms with van der Waals surface area (Å²) in [5.41, 5.74) is 0.565. The summed E-state index contributed by atoms with van der Waals surface area (Å²) < 4.78 is 4.95. The molecule has 1 fully saturated rings. The predicted molar refractivity (Wildman–Crippen MR) is 70.0 cm³/mol. The number of aromatic nitrogens is 1. The first-order valence-electron chi connectivity index (χ1n) is 6.38. The van der Waals surface area contributed by atoms with Crippen LogP contribution in [0.3, 0.4) is 0 Å². The first-order chi connectivity index (χ1) is 8.28. The maximum Gasteiger partial charge on any atom is 0.354 e. The van der Waals surface area contributed by atoms with Crippen molar-refractivity contribution in [1.29, 1.82) is 0 Å². The number of ether oxygens (including phenoxy) is 1. The molecule has 2 aliphatic carbocycles. The average Bonchev–Trinajstić information content (AvgIpc) is 2.96. The lowest BCUT2D eigenvalue weighted by Crippen LogP contribution is -2.24. The molecule has 94 valence electrons. The lowest BCUT2D eigenvalue weighted by Gasteiger charge is -1.96. The number of fused-ring (bicyclic) bond motifs is 2. The van der Waals surface area contributed by atoms with Gasteiger partial charge in [0.25, 0.3) is 0 Å². The summed E-state index contributed by atoms with van der Waals surface area (Å²) in [5, 5.41) is 2.23. The van der Waals surface area contributed by atoms with Crippen molar-refractivity contribution in [1.82, 2.24) is 4.98 Å². The third-order valence-corrected chi connectivity index (χ3v) is 3.04. The van der Waals surface area contributed by atoms with Crippen LogP contribution in [-0.2, 0) is 4.74 Å². The summed E-state index contributed by atoms with van der Waals surface area (Å²) >= 11 is 0. The minimum absolute atomic E-state index is 0. The molecule has 1 heterocycles. The predicted octanol–water partition coefficient (Wildman–Crippen LogP) is 1.67. The molecule has 0 spiro atoms. The summed E-state index contributed by atoms with van der Waals surface area (Å²) in [5.74, 6) is 1.15. The second-order valence-corrected chi connectivity index (χ2v) is 4.17. The molecular formula is C14H21NO2. The van der Waals surface area contributed by atoms with Crippen LogP contribution in [0.4, 0.5) is 0 Å². The molecule has 2 unspecified atom stereocenters. The Balaban J connectivity index is 0.000000516. The van der Waals surface area contributed by atoms with Crippen LogP contribution in [0.1, 0.15) is 39.1 Å². The van der Waals surface area contributed by atoms with E-state index in [0.717, 1.165) is 10.6 Å². The summed E-state index contributed by atoms with van der Waals surface area (Å²) in [6, 6.07) is 1.89. The van der Waals surface area contributed by atoms with Gasteiger partial charge in [0.05, 0.1) is 6.61 Å². The minimum atomic E-state index is -0.262. The number of carbonyl (C=O) groups excluding carboxylic acids is 1. The SMILES string of the molecule is CC.CCOC(=O)c1cc2c([nH]1)=CC1CC1C=2.[HH]. The van der Waals surface area contributed by atoms with Crippen LogP contribution in [0.25, 0.3) is 12.2 Å². The second kappa shape index (κ2) is 4.78. The number of nitrogens with one attached hydrogen (secondary N) is 1. The highest BCUT2D eigenvalue weighted by atomic mass is 16.5. The number of hydrogen-bond donors (Lipinski definition) is 1. The third kappa shape index (κ3) is 2.28. The molecule has 3 rings (SSSR count). The van der Waals surface area contributed by atoms with E-state index in [1.165, 1.54) is 6.42 Å². The lowest BCUT2D eigenvalue weighted by molar-refractivity contribution is 0.0520. The molecule has 1 aromatic rings. The molecule has 1 aromatic heterocycles. The quantitative estimate of drug-likeness (QED) is 0.792. The standard InChI is InChI=1S/C12H13NO2.C2H6.H2/c1-2-15-12(14)11-6-9-4-7-3-8(7)5-10(9)13-11;1-2;/h4-8,13H,2-3H2,1H3;1-2H3;1H. The lowest BCUT2D eigenvalue weighted by atomic mass is 10.2. The number of carbonyl (C=O) groups is 1. The van der Waals surface area contributed by atoms with Gasteiger partial charge in [0.15, 0.2) is 0 Å². The Hall–Kier alpha value is -1.51. The van der Waals surface area contributed by atoms with Crippen LogP contribution in [0.5, 0.6) is 0 Å². The van der Waals surface area contributed by atoms with Gasteiger partial charge in [-0.3, -0.25) is 0 Å². The number of rotatable bonds is 2. The van der Waals surface area contributed by atoms with Gasteiger partial charge in [-0.2, -0.15) is 0 Å². The van der Waals surface area contributed by atoms with Gasteiger partial charge in [0.2, 0.25) is 0 Å². The van der Waals surface area contributed by atoms with Gasteiger partial charge >= 0.3 is 5.97 Å². The van der Waals surface area contributed by atoms with E-state index in [9.17, 15) is 4.79 Å². The molecule has 2 aliphatic rings. The molecule has 0 radical (unpaired) electrons. The van der Waals surface area contributed by atoms with E-state index in [-0.39, 0.29) is 7.40 Å². The van der Waals surface area contributed by atoms with Crippen LogP contribution in [0, 0.1) is 11.8 Å². The van der Waals surface area contributed by atoms with Crippen LogP contribution in [0.2, 0.25) is 0 Å². The van der Waals surface area contributed by atoms with E-state index in [2.05, 4.69) is 17.1 Å². The molecule has 0 bridgehead atoms. The Morgan fingerprint density at radius 3 is 2.88 bits per heavy atom. The number of esters is 1. The fraction of sp³-hybridized carbons (Fsp3) is 0.500. The van der Waals surface area contributed by atoms with Gasteiger partial charge in [-0.1, -0.05) is 26.0 Å². The van der Waals surface area contributed by atoms with Gasteiger partial charge < -0.3 is 9.72 Å². The Bertz CT molecular complexity index is 495. The van der Waals surface area contributed by atoms with E-state index in [1.54, 1.807) is 0 Å². The van der Waals surface area contributed by atoms with Crippen molar-refractivity contribution in [2.24, 2.45) is 11.8 Å². The maximum atomic E-state index is 11.5. The summed E-state index contributed by atoms with van der Waals surface area (Å²) in [6.45, 7) is 6.23. The highest BCUT2D eigenvalue weighted by Gasteiger charge is 2.34. The van der Waals surface area contributed by atoms with E-state index in [1.807, 2.05) is 26.8 Å². The molecule has 1 N–H and O–H groups in total. The van der Waals surface area contributed by atoms with Gasteiger partial charge in [-0.15, -0.1) is 0 Å². The first kappa shape index (κ1) is 12.0. The molecule has 3 nitrogen and oxygen atoms in total. The van der Waals surface area contributed by atoms with Crippen molar-refractivity contribution in [3.05, 3.63) is 22.3 Å². The Morgan fingerprint density at radius 2 is 2.18 bits per heavy atom. The minimum Gasteiger partial charge on any atom is -0.461 e. The molecule has 17 heavy (non-hydrogen) atoms. The molecule has 0 amide bonds. The van der Waals surface area contributed by atoms with E-state index in [0.29, 0.717) is 24.1 Å². The second-order valence-electron chi connectivity index (χ2n) is 4.17. The van der Waals surface area contributed by atoms with Gasteiger partial charge in [-0.25, -0.2) is 4.79 Å². The van der Waals surface area contributed by atoms with Gasteiger partial charge in [-0.05, 0) is 36.5 Å². The highest BCUT2D eigenvalue weighted by Crippen LogP contribution is 2.41. The van der Waals surface area contributed by atoms with Crippen molar-refractivity contribution >= 4 is 18.1 Å². The molecule has 3 heteroatoms. The topological polar surface area (TPSA) is 42.1 Å². The molecule has 2 atom stereocenters. The zero-order valence-corrected chi connectivity index (χ0v) is 10.6. The molecule has 0 aliphatic heterocycles. The zero-order valence-electron chi connectivity index (χ0n) is 10.6. The summed E-state index contributed by atoms with van der Waals surface area (Å²) in [4.78, 5) is 14.6. The monoisotopic (exact) mass is 235 g/mol. The normalized spacial score (nSPS) is 23.0. The Labute approximate surface area is 103 Å². The smallest absolute Gasteiger partial charge is 0.354 e. The fourth-order valence-corrected chi connectivity index (χ4v) is 2.14. The van der Waals surface area contributed by atoms with Crippen molar-refractivity contribution in [3.63, 3.8) is 0 Å². The van der Waals surface area contributed by atoms with E-state index < -0.39 is 0 Å². The van der Waals surface area contributed by atoms with Crippen molar-refractivity contribution in [2.45, 2.75) is 27.2 Å². The number of hydrogen-bond acceptors (Lipinski definition) is 2. The van der Waals surface area contributed by atoms with E-state index in [4.69, 9.17) is 4.74 Å². The van der Waals surface area contributed by atoms with E-state index >= 15 is 0 Å². The Kier molecular flexibility index (Phi) is 3.36. The third-order valence-electron chi connectivity index (χ3n) is 3.04. The fourth-order valence-electron chi connectivity index (χ4n) is 2.14. The van der Waals surface area contributed by atoms with Crippen molar-refractivity contribution < 1.29 is 11.0 Å². The van der Waals surface area contributed by atoms with Gasteiger partial charge in [0.1, 0.15) is 5.69 Å². The number of H-pyrrole nitrogens is 1. The van der Waals surface area contributed by atoms with Crippen molar-refractivity contribution in [2.75, 3.05) is 6.61 Å².